The highest BCUT2D eigenvalue weighted by atomic mass is 127. The van der Waals surface area contributed by atoms with Gasteiger partial charge in [-0.3, -0.25) is 10.1 Å². The molecule has 0 atom stereocenters. The minimum Gasteiger partial charge on any atom is -0.491 e. The zero-order chi connectivity index (χ0) is 13.2. The Morgan fingerprint density at radius 3 is 2.53 bits per heavy atom. The molecule has 0 aliphatic rings. The predicted octanol–water partition coefficient (Wildman–Crippen LogP) is 2.53. The van der Waals surface area contributed by atoms with Gasteiger partial charge in [0.25, 0.3) is 14.7 Å². The molecular weight excluding hydrogens is 385 g/mol. The third-order valence-electron chi connectivity index (χ3n) is 1.76. The summed E-state index contributed by atoms with van der Waals surface area (Å²) in [4.78, 5) is 9.54. The van der Waals surface area contributed by atoms with Gasteiger partial charge in [0, 0.05) is 22.8 Å². The molecule has 0 bridgehead atoms. The largest absolute Gasteiger partial charge is 0.491 e. The maximum Gasteiger partial charge on any atom is 0.272 e. The second kappa shape index (κ2) is 5.36. The first kappa shape index (κ1) is 14.5. The van der Waals surface area contributed by atoms with Gasteiger partial charge in [0.1, 0.15) is 4.90 Å². The smallest absolute Gasteiger partial charge is 0.272 e. The number of nitro groups is 1. The number of hydrogen-bond acceptors (Lipinski definition) is 5. The molecule has 0 saturated carbocycles. The van der Waals surface area contributed by atoms with E-state index >= 15 is 0 Å². The van der Waals surface area contributed by atoms with E-state index in [1.54, 1.807) is 29.5 Å². The van der Waals surface area contributed by atoms with Crippen molar-refractivity contribution in [1.82, 2.24) is 0 Å². The first-order valence-electron chi connectivity index (χ1n) is 4.32. The van der Waals surface area contributed by atoms with Crippen molar-refractivity contribution >= 4 is 48.0 Å². The summed E-state index contributed by atoms with van der Waals surface area (Å²) in [6.45, 7) is 1.90. The standard InChI is InChI=1S/C8H7ClINO5S/c1-2-16-8-6(10)3-5(11(12)13)4-7(8)17(9,14)15/h3-4H,2H2,1H3. The van der Waals surface area contributed by atoms with Crippen molar-refractivity contribution in [3.05, 3.63) is 25.8 Å². The maximum atomic E-state index is 11.3. The molecule has 0 N–H and O–H groups in total. The van der Waals surface area contributed by atoms with Gasteiger partial charge in [-0.1, -0.05) is 0 Å². The molecule has 0 aromatic heterocycles. The average Bonchev–Trinajstić information content (AvgIpc) is 2.18. The molecule has 0 aliphatic carbocycles. The normalized spacial score (nSPS) is 11.2. The minimum absolute atomic E-state index is 0.0358. The highest BCUT2D eigenvalue weighted by Crippen LogP contribution is 2.35. The summed E-state index contributed by atoms with van der Waals surface area (Å²) in [5.74, 6) is 0.0358. The molecule has 0 heterocycles. The molecule has 0 saturated heterocycles. The molecule has 17 heavy (non-hydrogen) atoms. The van der Waals surface area contributed by atoms with Crippen LogP contribution < -0.4 is 4.74 Å². The Morgan fingerprint density at radius 1 is 1.53 bits per heavy atom. The van der Waals surface area contributed by atoms with Gasteiger partial charge in [0.05, 0.1) is 15.1 Å². The maximum absolute atomic E-state index is 11.3. The Labute approximate surface area is 116 Å². The lowest BCUT2D eigenvalue weighted by Gasteiger charge is -2.09. The van der Waals surface area contributed by atoms with Crippen molar-refractivity contribution in [3.63, 3.8) is 0 Å². The summed E-state index contributed by atoms with van der Waals surface area (Å²) in [6, 6.07) is 2.10. The number of rotatable bonds is 4. The van der Waals surface area contributed by atoms with Crippen LogP contribution >= 0.6 is 33.3 Å². The summed E-state index contributed by atoms with van der Waals surface area (Å²) < 4.78 is 28.1. The van der Waals surface area contributed by atoms with Crippen molar-refractivity contribution in [2.24, 2.45) is 0 Å². The lowest BCUT2D eigenvalue weighted by Crippen LogP contribution is -2.03. The second-order valence-electron chi connectivity index (χ2n) is 2.88. The zero-order valence-corrected chi connectivity index (χ0v) is 12.2. The fourth-order valence-corrected chi connectivity index (χ4v) is 3.07. The summed E-state index contributed by atoms with van der Waals surface area (Å²) in [6.07, 6.45) is 0. The first-order chi connectivity index (χ1) is 7.77. The fraction of sp³-hybridized carbons (Fsp3) is 0.250. The number of halogens is 2. The molecule has 0 radical (unpaired) electrons. The average molecular weight is 392 g/mol. The van der Waals surface area contributed by atoms with Gasteiger partial charge in [-0.25, -0.2) is 8.42 Å². The predicted molar refractivity (Wildman–Crippen MR) is 70.0 cm³/mol. The van der Waals surface area contributed by atoms with Crippen molar-refractivity contribution < 1.29 is 18.1 Å². The van der Waals surface area contributed by atoms with Crippen molar-refractivity contribution in [3.8, 4) is 5.75 Å². The fourth-order valence-electron chi connectivity index (χ4n) is 1.13. The number of nitro benzene ring substituents is 1. The number of non-ortho nitro benzene ring substituents is 1. The van der Waals surface area contributed by atoms with Crippen LogP contribution in [0, 0.1) is 13.7 Å². The Balaban J connectivity index is 3.56. The Kier molecular flexibility index (Phi) is 4.55. The third-order valence-corrected chi connectivity index (χ3v) is 3.89. The van der Waals surface area contributed by atoms with Crippen LogP contribution in [0.2, 0.25) is 0 Å². The van der Waals surface area contributed by atoms with E-state index in [4.69, 9.17) is 15.4 Å². The Morgan fingerprint density at radius 2 is 2.12 bits per heavy atom. The van der Waals surface area contributed by atoms with Gasteiger partial charge in [-0.2, -0.15) is 0 Å². The summed E-state index contributed by atoms with van der Waals surface area (Å²) >= 11 is 1.76. The Bertz CT molecular complexity index is 559. The number of nitrogens with zero attached hydrogens (tertiary/aromatic N) is 1. The zero-order valence-electron chi connectivity index (χ0n) is 8.51. The van der Waals surface area contributed by atoms with Crippen LogP contribution in [0.3, 0.4) is 0 Å². The van der Waals surface area contributed by atoms with E-state index in [9.17, 15) is 18.5 Å². The molecule has 1 rings (SSSR count). The van der Waals surface area contributed by atoms with Crippen molar-refractivity contribution in [2.45, 2.75) is 11.8 Å². The van der Waals surface area contributed by atoms with Gasteiger partial charge in [-0.15, -0.1) is 0 Å². The van der Waals surface area contributed by atoms with Crippen LogP contribution in [0.4, 0.5) is 5.69 Å². The van der Waals surface area contributed by atoms with Gasteiger partial charge >= 0.3 is 0 Å². The van der Waals surface area contributed by atoms with Gasteiger partial charge < -0.3 is 4.74 Å². The van der Waals surface area contributed by atoms with Gasteiger partial charge in [0.2, 0.25) is 0 Å². The van der Waals surface area contributed by atoms with Crippen molar-refractivity contribution in [2.75, 3.05) is 6.61 Å². The topological polar surface area (TPSA) is 86.5 Å². The van der Waals surface area contributed by atoms with E-state index in [0.717, 1.165) is 6.07 Å². The summed E-state index contributed by atoms with van der Waals surface area (Å²) in [7, 11) is 1.12. The van der Waals surface area contributed by atoms with Crippen molar-refractivity contribution in [1.29, 1.82) is 0 Å². The lowest BCUT2D eigenvalue weighted by atomic mass is 10.3. The SMILES string of the molecule is CCOc1c(I)cc([N+](=O)[O-])cc1S(=O)(=O)Cl. The first-order valence-corrected chi connectivity index (χ1v) is 7.71. The molecular formula is C8H7ClINO5S. The molecule has 9 heteroatoms. The molecule has 0 aliphatic heterocycles. The second-order valence-corrected chi connectivity index (χ2v) is 6.58. The van der Waals surface area contributed by atoms with Crippen LogP contribution in [-0.4, -0.2) is 19.9 Å². The van der Waals surface area contributed by atoms with Crippen LogP contribution in [0.1, 0.15) is 6.92 Å². The molecule has 1 aromatic carbocycles. The van der Waals surface area contributed by atoms with E-state index in [0.29, 0.717) is 3.57 Å². The molecule has 0 fully saturated rings. The number of benzene rings is 1. The molecule has 1 aromatic rings. The third kappa shape index (κ3) is 3.42. The van der Waals surface area contributed by atoms with Crippen LogP contribution in [-0.2, 0) is 9.05 Å². The van der Waals surface area contributed by atoms with Crippen LogP contribution in [0.5, 0.6) is 5.75 Å². The summed E-state index contributed by atoms with van der Waals surface area (Å²) in [5.41, 5.74) is -0.350. The van der Waals surface area contributed by atoms with E-state index in [2.05, 4.69) is 0 Å². The molecule has 6 nitrogen and oxygen atoms in total. The van der Waals surface area contributed by atoms with E-state index in [1.165, 1.54) is 6.07 Å². The highest BCUT2D eigenvalue weighted by molar-refractivity contribution is 14.1. The van der Waals surface area contributed by atoms with Crippen LogP contribution in [0.15, 0.2) is 17.0 Å². The highest BCUT2D eigenvalue weighted by Gasteiger charge is 2.24. The van der Waals surface area contributed by atoms with Gasteiger partial charge in [0.15, 0.2) is 5.75 Å². The van der Waals surface area contributed by atoms with E-state index in [1.807, 2.05) is 0 Å². The number of hydrogen-bond donors (Lipinski definition) is 0. The lowest BCUT2D eigenvalue weighted by molar-refractivity contribution is -0.385. The minimum atomic E-state index is -4.10. The van der Waals surface area contributed by atoms with Crippen LogP contribution in [0.25, 0.3) is 0 Å². The molecule has 0 amide bonds. The number of ether oxygens (including phenoxy) is 1. The van der Waals surface area contributed by atoms with E-state index in [-0.39, 0.29) is 22.9 Å². The summed E-state index contributed by atoms with van der Waals surface area (Å²) in [5, 5.41) is 10.6. The quantitative estimate of drug-likeness (QED) is 0.341. The van der Waals surface area contributed by atoms with Gasteiger partial charge in [-0.05, 0) is 29.5 Å². The molecule has 0 unspecified atom stereocenters. The monoisotopic (exact) mass is 391 g/mol. The Hall–Kier alpha value is -0.610. The molecule has 0 spiro atoms. The van der Waals surface area contributed by atoms with E-state index < -0.39 is 14.0 Å². The molecule has 94 valence electrons.